The van der Waals surface area contributed by atoms with Crippen LogP contribution in [0.4, 0.5) is 15.8 Å². The number of halogens is 1. The van der Waals surface area contributed by atoms with Gasteiger partial charge in [-0.2, -0.15) is 0 Å². The minimum atomic E-state index is -0.986. The van der Waals surface area contributed by atoms with Gasteiger partial charge in [-0.15, -0.1) is 0 Å². The summed E-state index contributed by atoms with van der Waals surface area (Å²) in [6.45, 7) is 1.91. The molecule has 108 valence electrons. The summed E-state index contributed by atoms with van der Waals surface area (Å²) in [5.41, 5.74) is 3.09. The van der Waals surface area contributed by atoms with Gasteiger partial charge in [0, 0.05) is 18.8 Å². The van der Waals surface area contributed by atoms with Crippen LogP contribution < -0.4 is 4.90 Å². The Morgan fingerprint density at radius 1 is 1.19 bits per heavy atom. The van der Waals surface area contributed by atoms with Crippen molar-refractivity contribution in [3.8, 4) is 0 Å². The first kappa shape index (κ1) is 14.8. The minimum Gasteiger partial charge on any atom is -0.478 e. The topological polar surface area (TPSA) is 40.5 Å². The van der Waals surface area contributed by atoms with Crippen LogP contribution in [0, 0.1) is 12.7 Å². The highest BCUT2D eigenvalue weighted by atomic mass is 19.1. The Kier molecular flexibility index (Phi) is 4.38. The van der Waals surface area contributed by atoms with E-state index in [0.717, 1.165) is 22.9 Å². The van der Waals surface area contributed by atoms with E-state index in [1.54, 1.807) is 36.2 Å². The zero-order chi connectivity index (χ0) is 15.4. The van der Waals surface area contributed by atoms with E-state index in [2.05, 4.69) is 0 Å². The Morgan fingerprint density at radius 2 is 1.90 bits per heavy atom. The Hall–Kier alpha value is -2.62. The molecule has 0 saturated heterocycles. The summed E-state index contributed by atoms with van der Waals surface area (Å²) in [7, 11) is 1.80. The van der Waals surface area contributed by atoms with E-state index < -0.39 is 5.97 Å². The molecule has 0 aliphatic carbocycles. The maximum atomic E-state index is 13.8. The number of aryl methyl sites for hydroxylation is 1. The van der Waals surface area contributed by atoms with E-state index in [4.69, 9.17) is 5.11 Å². The molecule has 2 aromatic carbocycles. The van der Waals surface area contributed by atoms with Crippen LogP contribution in [0.15, 0.2) is 48.5 Å². The molecule has 0 heterocycles. The molecule has 1 N–H and O–H groups in total. The minimum absolute atomic E-state index is 0.283. The number of carbonyl (C=O) groups is 1. The number of aliphatic carboxylic acids is 1. The van der Waals surface area contributed by atoms with Gasteiger partial charge in [-0.1, -0.05) is 18.2 Å². The number of carboxylic acids is 1. The number of hydrogen-bond acceptors (Lipinski definition) is 2. The van der Waals surface area contributed by atoms with Gasteiger partial charge in [-0.3, -0.25) is 0 Å². The number of rotatable bonds is 4. The van der Waals surface area contributed by atoms with Crippen LogP contribution >= 0.6 is 0 Å². The van der Waals surface area contributed by atoms with Crippen LogP contribution in [0.25, 0.3) is 6.08 Å². The van der Waals surface area contributed by atoms with Crippen molar-refractivity contribution in [2.45, 2.75) is 6.92 Å². The number of para-hydroxylation sites is 1. The first-order valence-corrected chi connectivity index (χ1v) is 6.49. The van der Waals surface area contributed by atoms with Crippen LogP contribution in [0.5, 0.6) is 0 Å². The molecular weight excluding hydrogens is 269 g/mol. The van der Waals surface area contributed by atoms with E-state index >= 15 is 0 Å². The van der Waals surface area contributed by atoms with Crippen LogP contribution in [-0.2, 0) is 4.79 Å². The molecule has 0 saturated carbocycles. The van der Waals surface area contributed by atoms with Gasteiger partial charge >= 0.3 is 5.97 Å². The quantitative estimate of drug-likeness (QED) is 0.863. The van der Waals surface area contributed by atoms with Crippen molar-refractivity contribution < 1.29 is 14.3 Å². The summed E-state index contributed by atoms with van der Waals surface area (Å²) in [4.78, 5) is 12.3. The van der Waals surface area contributed by atoms with Crippen LogP contribution in [0.1, 0.15) is 11.1 Å². The average molecular weight is 285 g/mol. The highest BCUT2D eigenvalue weighted by Crippen LogP contribution is 2.29. The maximum absolute atomic E-state index is 13.8. The summed E-state index contributed by atoms with van der Waals surface area (Å²) >= 11 is 0. The molecule has 21 heavy (non-hydrogen) atoms. The Labute approximate surface area is 123 Å². The standard InChI is InChI=1S/C17H16FNO2/c1-12-11-13(8-10-17(20)21)7-9-15(12)19(2)16-6-4-3-5-14(16)18/h3-11H,1-2H3,(H,20,21). The normalized spacial score (nSPS) is 10.8. The van der Waals surface area contributed by atoms with E-state index in [-0.39, 0.29) is 5.82 Å². The zero-order valence-corrected chi connectivity index (χ0v) is 11.9. The Morgan fingerprint density at radius 3 is 2.52 bits per heavy atom. The SMILES string of the molecule is Cc1cc(C=CC(=O)O)ccc1N(C)c1ccccc1F. The number of anilines is 2. The molecule has 0 aliphatic rings. The van der Waals surface area contributed by atoms with Crippen molar-refractivity contribution in [1.29, 1.82) is 0 Å². The lowest BCUT2D eigenvalue weighted by molar-refractivity contribution is -0.131. The third kappa shape index (κ3) is 3.48. The molecule has 0 spiro atoms. The molecule has 0 fully saturated rings. The lowest BCUT2D eigenvalue weighted by Crippen LogP contribution is -2.12. The first-order chi connectivity index (χ1) is 9.99. The molecule has 0 unspecified atom stereocenters. The smallest absolute Gasteiger partial charge is 0.328 e. The Bertz CT molecular complexity index is 695. The second-order valence-corrected chi connectivity index (χ2v) is 4.73. The highest BCUT2D eigenvalue weighted by Gasteiger charge is 2.10. The Balaban J connectivity index is 2.33. The molecule has 0 aliphatic heterocycles. The monoisotopic (exact) mass is 285 g/mol. The number of nitrogens with zero attached hydrogens (tertiary/aromatic N) is 1. The molecule has 2 rings (SSSR count). The summed E-state index contributed by atoms with van der Waals surface area (Å²) in [5, 5.41) is 8.63. The zero-order valence-electron chi connectivity index (χ0n) is 11.9. The second kappa shape index (κ2) is 6.22. The van der Waals surface area contributed by atoms with Crippen LogP contribution in [-0.4, -0.2) is 18.1 Å². The molecule has 0 atom stereocenters. The average Bonchev–Trinajstić information content (AvgIpc) is 2.45. The fourth-order valence-electron chi connectivity index (χ4n) is 2.18. The van der Waals surface area contributed by atoms with Gasteiger partial charge in [-0.25, -0.2) is 9.18 Å². The van der Waals surface area contributed by atoms with Crippen LogP contribution in [0.2, 0.25) is 0 Å². The summed E-state index contributed by atoms with van der Waals surface area (Å²) in [6.07, 6.45) is 2.62. The van der Waals surface area contributed by atoms with Gasteiger partial charge in [0.15, 0.2) is 0 Å². The molecule has 0 aromatic heterocycles. The summed E-state index contributed by atoms with van der Waals surface area (Å²) in [5.74, 6) is -1.27. The summed E-state index contributed by atoms with van der Waals surface area (Å²) in [6, 6.07) is 12.1. The van der Waals surface area contributed by atoms with Crippen LogP contribution in [0.3, 0.4) is 0 Å². The van der Waals surface area contributed by atoms with Gasteiger partial charge in [0.05, 0.1) is 5.69 Å². The number of carboxylic acid groups (broad SMARTS) is 1. The van der Waals surface area contributed by atoms with E-state index in [1.807, 2.05) is 19.1 Å². The van der Waals surface area contributed by atoms with Crippen molar-refractivity contribution in [3.05, 3.63) is 65.5 Å². The molecule has 0 amide bonds. The maximum Gasteiger partial charge on any atom is 0.328 e. The van der Waals surface area contributed by atoms with E-state index in [9.17, 15) is 9.18 Å². The van der Waals surface area contributed by atoms with E-state index in [1.165, 1.54) is 12.1 Å². The van der Waals surface area contributed by atoms with Gasteiger partial charge < -0.3 is 10.0 Å². The van der Waals surface area contributed by atoms with Gasteiger partial charge in [0.25, 0.3) is 0 Å². The third-order valence-electron chi connectivity index (χ3n) is 3.21. The lowest BCUT2D eigenvalue weighted by Gasteiger charge is -2.22. The van der Waals surface area contributed by atoms with Gasteiger partial charge in [-0.05, 0) is 48.4 Å². The predicted octanol–water partition coefficient (Wildman–Crippen LogP) is 4.00. The van der Waals surface area contributed by atoms with E-state index in [0.29, 0.717) is 5.69 Å². The highest BCUT2D eigenvalue weighted by molar-refractivity contribution is 5.85. The fourth-order valence-corrected chi connectivity index (χ4v) is 2.18. The third-order valence-corrected chi connectivity index (χ3v) is 3.21. The molecular formula is C17H16FNO2. The van der Waals surface area contributed by atoms with Gasteiger partial charge in [0.1, 0.15) is 5.82 Å². The van der Waals surface area contributed by atoms with Crippen molar-refractivity contribution in [2.75, 3.05) is 11.9 Å². The fraction of sp³-hybridized carbons (Fsp3) is 0.118. The number of hydrogen-bond donors (Lipinski definition) is 1. The lowest BCUT2D eigenvalue weighted by atomic mass is 10.1. The first-order valence-electron chi connectivity index (χ1n) is 6.49. The molecule has 4 heteroatoms. The predicted molar refractivity (Wildman–Crippen MR) is 82.3 cm³/mol. The van der Waals surface area contributed by atoms with Crippen molar-refractivity contribution in [2.24, 2.45) is 0 Å². The molecule has 0 radical (unpaired) electrons. The molecule has 3 nitrogen and oxygen atoms in total. The number of benzene rings is 2. The van der Waals surface area contributed by atoms with Gasteiger partial charge in [0.2, 0.25) is 0 Å². The second-order valence-electron chi connectivity index (χ2n) is 4.73. The summed E-state index contributed by atoms with van der Waals surface area (Å²) < 4.78 is 13.8. The van der Waals surface area contributed by atoms with Crippen molar-refractivity contribution in [1.82, 2.24) is 0 Å². The molecule has 2 aromatic rings. The van der Waals surface area contributed by atoms with Crippen molar-refractivity contribution in [3.63, 3.8) is 0 Å². The largest absolute Gasteiger partial charge is 0.478 e. The molecule has 0 bridgehead atoms. The van der Waals surface area contributed by atoms with Crippen molar-refractivity contribution >= 4 is 23.4 Å².